The number of benzene rings is 1. The largest absolute Gasteiger partial charge is 0.323 e. The molecule has 3 heteroatoms. The number of nitrogens with zero attached hydrogens (tertiary/aromatic N) is 2. The van der Waals surface area contributed by atoms with E-state index in [9.17, 15) is 0 Å². The lowest BCUT2D eigenvalue weighted by atomic mass is 9.80. The van der Waals surface area contributed by atoms with Gasteiger partial charge in [0, 0.05) is 25.2 Å². The molecule has 1 aliphatic heterocycles. The molecule has 0 amide bonds. The van der Waals surface area contributed by atoms with Crippen molar-refractivity contribution < 1.29 is 0 Å². The number of hydrogen-bond acceptors (Lipinski definition) is 3. The van der Waals surface area contributed by atoms with Crippen molar-refractivity contribution in [3.63, 3.8) is 0 Å². The molecule has 0 bridgehead atoms. The molecule has 0 aromatic heterocycles. The molecule has 3 nitrogen and oxygen atoms in total. The highest BCUT2D eigenvalue weighted by molar-refractivity contribution is 5.20. The second-order valence-electron chi connectivity index (χ2n) is 7.02. The van der Waals surface area contributed by atoms with Gasteiger partial charge in [-0.2, -0.15) is 0 Å². The van der Waals surface area contributed by atoms with Crippen LogP contribution in [0.4, 0.5) is 0 Å². The van der Waals surface area contributed by atoms with Crippen LogP contribution in [0.5, 0.6) is 0 Å². The molecule has 1 aromatic rings. The Bertz CT molecular complexity index is 414. The number of likely N-dealkylation sites (N-methyl/N-ethyl adjacent to an activating group) is 1. The Morgan fingerprint density at radius 2 is 1.95 bits per heavy atom. The van der Waals surface area contributed by atoms with Gasteiger partial charge < -0.3 is 15.5 Å². The van der Waals surface area contributed by atoms with Gasteiger partial charge in [0.2, 0.25) is 0 Å². The maximum atomic E-state index is 6.51. The molecule has 0 spiro atoms. The van der Waals surface area contributed by atoms with E-state index in [1.807, 2.05) is 6.07 Å². The summed E-state index contributed by atoms with van der Waals surface area (Å²) in [5.41, 5.74) is 7.83. The fourth-order valence-electron chi connectivity index (χ4n) is 3.16. The Morgan fingerprint density at radius 1 is 1.30 bits per heavy atom. The zero-order valence-corrected chi connectivity index (χ0v) is 13.3. The predicted molar refractivity (Wildman–Crippen MR) is 85.7 cm³/mol. The number of hydrogen-bond donors (Lipinski definition) is 1. The summed E-state index contributed by atoms with van der Waals surface area (Å²) in [6.07, 6.45) is 1.27. The van der Waals surface area contributed by atoms with Crippen LogP contribution in [-0.2, 0) is 0 Å². The summed E-state index contributed by atoms with van der Waals surface area (Å²) in [5, 5.41) is 0. The Kier molecular flexibility index (Phi) is 4.84. The van der Waals surface area contributed by atoms with Crippen LogP contribution in [0.1, 0.15) is 31.9 Å². The van der Waals surface area contributed by atoms with Crippen LogP contribution in [0.2, 0.25) is 0 Å². The Balaban J connectivity index is 1.97. The van der Waals surface area contributed by atoms with Crippen LogP contribution in [0.15, 0.2) is 30.3 Å². The standard InChI is InChI=1S/C17H29N3/c1-17(2,16(18)14-8-6-5-7-9-14)13-20-11-10-15(12-20)19(3)4/h5-9,15-16H,10-13,18H2,1-4H3. The van der Waals surface area contributed by atoms with Crippen molar-refractivity contribution in [1.29, 1.82) is 0 Å². The Labute approximate surface area is 123 Å². The highest BCUT2D eigenvalue weighted by Crippen LogP contribution is 2.33. The highest BCUT2D eigenvalue weighted by Gasteiger charge is 2.33. The summed E-state index contributed by atoms with van der Waals surface area (Å²) >= 11 is 0. The minimum atomic E-state index is 0.0853. The Morgan fingerprint density at radius 3 is 2.50 bits per heavy atom. The van der Waals surface area contributed by atoms with Gasteiger partial charge in [-0.3, -0.25) is 0 Å². The lowest BCUT2D eigenvalue weighted by Crippen LogP contribution is -2.41. The summed E-state index contributed by atoms with van der Waals surface area (Å²) in [5.74, 6) is 0. The third kappa shape index (κ3) is 3.60. The quantitative estimate of drug-likeness (QED) is 0.895. The van der Waals surface area contributed by atoms with Crippen molar-refractivity contribution in [1.82, 2.24) is 9.80 Å². The summed E-state index contributed by atoms with van der Waals surface area (Å²) < 4.78 is 0. The van der Waals surface area contributed by atoms with E-state index in [0.717, 1.165) is 13.1 Å². The first-order valence-corrected chi connectivity index (χ1v) is 7.59. The molecule has 1 saturated heterocycles. The fourth-order valence-corrected chi connectivity index (χ4v) is 3.16. The summed E-state index contributed by atoms with van der Waals surface area (Å²) in [4.78, 5) is 4.90. The van der Waals surface area contributed by atoms with Crippen molar-refractivity contribution in [2.75, 3.05) is 33.7 Å². The molecule has 2 rings (SSSR count). The van der Waals surface area contributed by atoms with Crippen LogP contribution >= 0.6 is 0 Å². The molecule has 2 N–H and O–H groups in total. The molecule has 112 valence electrons. The van der Waals surface area contributed by atoms with Gasteiger partial charge in [-0.15, -0.1) is 0 Å². The van der Waals surface area contributed by atoms with Gasteiger partial charge in [-0.1, -0.05) is 44.2 Å². The maximum absolute atomic E-state index is 6.51. The van der Waals surface area contributed by atoms with Crippen molar-refractivity contribution in [2.24, 2.45) is 11.1 Å². The third-order valence-electron chi connectivity index (χ3n) is 4.61. The molecular formula is C17H29N3. The molecule has 0 radical (unpaired) electrons. The molecule has 2 atom stereocenters. The third-order valence-corrected chi connectivity index (χ3v) is 4.61. The number of likely N-dealkylation sites (tertiary alicyclic amines) is 1. The topological polar surface area (TPSA) is 32.5 Å². The van der Waals surface area contributed by atoms with Crippen LogP contribution in [0.3, 0.4) is 0 Å². The van der Waals surface area contributed by atoms with Gasteiger partial charge in [0.1, 0.15) is 0 Å². The molecule has 1 aliphatic rings. The summed E-state index contributed by atoms with van der Waals surface area (Å²) in [7, 11) is 4.35. The first-order valence-electron chi connectivity index (χ1n) is 7.59. The van der Waals surface area contributed by atoms with E-state index in [2.05, 4.69) is 62.0 Å². The molecule has 20 heavy (non-hydrogen) atoms. The van der Waals surface area contributed by atoms with Gasteiger partial charge in [0.05, 0.1) is 0 Å². The minimum Gasteiger partial charge on any atom is -0.323 e. The Hall–Kier alpha value is -0.900. The lowest BCUT2D eigenvalue weighted by molar-refractivity contribution is 0.166. The van der Waals surface area contributed by atoms with Crippen molar-refractivity contribution in [3.8, 4) is 0 Å². The smallest absolute Gasteiger partial charge is 0.0359 e. The van der Waals surface area contributed by atoms with Gasteiger partial charge in [-0.05, 0) is 38.0 Å². The zero-order chi connectivity index (χ0) is 14.8. The van der Waals surface area contributed by atoms with Crippen molar-refractivity contribution in [3.05, 3.63) is 35.9 Å². The minimum absolute atomic E-state index is 0.0853. The van der Waals surface area contributed by atoms with Crippen LogP contribution < -0.4 is 5.73 Å². The van der Waals surface area contributed by atoms with E-state index < -0.39 is 0 Å². The molecule has 2 unspecified atom stereocenters. The second-order valence-corrected chi connectivity index (χ2v) is 7.02. The second kappa shape index (κ2) is 6.25. The summed E-state index contributed by atoms with van der Waals surface area (Å²) in [6, 6.07) is 11.2. The lowest BCUT2D eigenvalue weighted by Gasteiger charge is -2.36. The van der Waals surface area contributed by atoms with E-state index in [-0.39, 0.29) is 11.5 Å². The van der Waals surface area contributed by atoms with Crippen LogP contribution in [0.25, 0.3) is 0 Å². The molecule has 0 saturated carbocycles. The highest BCUT2D eigenvalue weighted by atomic mass is 15.2. The molecule has 1 aromatic carbocycles. The van der Waals surface area contributed by atoms with Gasteiger partial charge in [0.15, 0.2) is 0 Å². The molecule has 1 heterocycles. The first-order chi connectivity index (χ1) is 9.40. The predicted octanol–water partition coefficient (Wildman–Crippen LogP) is 2.35. The average Bonchev–Trinajstić information content (AvgIpc) is 2.87. The van der Waals surface area contributed by atoms with Crippen LogP contribution in [-0.4, -0.2) is 49.6 Å². The van der Waals surface area contributed by atoms with Gasteiger partial charge in [0.25, 0.3) is 0 Å². The molecule has 0 aliphatic carbocycles. The molecular weight excluding hydrogens is 246 g/mol. The fraction of sp³-hybridized carbons (Fsp3) is 0.647. The number of nitrogens with two attached hydrogens (primary N) is 1. The average molecular weight is 275 g/mol. The van der Waals surface area contributed by atoms with E-state index in [1.54, 1.807) is 0 Å². The van der Waals surface area contributed by atoms with E-state index >= 15 is 0 Å². The molecule has 1 fully saturated rings. The van der Waals surface area contributed by atoms with Gasteiger partial charge in [-0.25, -0.2) is 0 Å². The van der Waals surface area contributed by atoms with Crippen molar-refractivity contribution >= 4 is 0 Å². The monoisotopic (exact) mass is 275 g/mol. The SMILES string of the molecule is CN(C)C1CCN(CC(C)(C)C(N)c2ccccc2)C1. The number of rotatable bonds is 5. The van der Waals surface area contributed by atoms with Gasteiger partial charge >= 0.3 is 0 Å². The van der Waals surface area contributed by atoms with E-state index in [4.69, 9.17) is 5.73 Å². The summed E-state index contributed by atoms with van der Waals surface area (Å²) in [6.45, 7) is 7.99. The first kappa shape index (κ1) is 15.5. The normalized spacial score (nSPS) is 22.4. The van der Waals surface area contributed by atoms with Crippen LogP contribution in [0, 0.1) is 5.41 Å². The van der Waals surface area contributed by atoms with E-state index in [1.165, 1.54) is 18.5 Å². The zero-order valence-electron chi connectivity index (χ0n) is 13.3. The van der Waals surface area contributed by atoms with E-state index in [0.29, 0.717) is 6.04 Å². The van der Waals surface area contributed by atoms with Crippen molar-refractivity contribution in [2.45, 2.75) is 32.4 Å². The maximum Gasteiger partial charge on any atom is 0.0359 e.